The van der Waals surface area contributed by atoms with Gasteiger partial charge in [-0.1, -0.05) is 48.0 Å². The van der Waals surface area contributed by atoms with Crippen LogP contribution in [0.5, 0.6) is 0 Å². The number of hydrogen-bond acceptors (Lipinski definition) is 3. The molecule has 0 bridgehead atoms. The Labute approximate surface area is 115 Å². The van der Waals surface area contributed by atoms with Crippen LogP contribution in [0.1, 0.15) is 5.56 Å². The lowest BCUT2D eigenvalue weighted by molar-refractivity contribution is 1.11. The molecule has 0 aliphatic rings. The monoisotopic (exact) mass is 267 g/mol. The van der Waals surface area contributed by atoms with E-state index >= 15 is 0 Å². The van der Waals surface area contributed by atoms with Crippen molar-refractivity contribution in [2.45, 2.75) is 6.92 Å². The summed E-state index contributed by atoms with van der Waals surface area (Å²) in [5.41, 5.74) is 3.29. The molecule has 3 rings (SSSR count). The Balaban J connectivity index is 2.17. The quantitative estimate of drug-likeness (QED) is 0.759. The molecule has 3 nitrogen and oxygen atoms in total. The molecule has 0 saturated heterocycles. The van der Waals surface area contributed by atoms with Gasteiger partial charge < -0.3 is 0 Å². The van der Waals surface area contributed by atoms with Crippen molar-refractivity contribution < 1.29 is 0 Å². The van der Waals surface area contributed by atoms with Gasteiger partial charge in [0.15, 0.2) is 5.82 Å². The first-order valence-electron chi connectivity index (χ1n) is 6.01. The minimum absolute atomic E-state index is 0.319. The second-order valence-corrected chi connectivity index (χ2v) is 5.26. The maximum atomic E-state index is 7.78. The third-order valence-electron chi connectivity index (χ3n) is 2.88. The SMILES string of the molecule is Cc1ccc(-n2sc(=N)nc2-c2ccccc2)cc1. The van der Waals surface area contributed by atoms with Crippen molar-refractivity contribution in [2.75, 3.05) is 0 Å². The molecule has 0 aliphatic carbocycles. The zero-order valence-electron chi connectivity index (χ0n) is 10.5. The van der Waals surface area contributed by atoms with Gasteiger partial charge in [-0.2, -0.15) is 4.98 Å². The molecule has 1 heterocycles. The Morgan fingerprint density at radius 3 is 2.37 bits per heavy atom. The lowest BCUT2D eigenvalue weighted by Crippen LogP contribution is -1.95. The van der Waals surface area contributed by atoms with Crippen LogP contribution in [0.25, 0.3) is 17.1 Å². The third-order valence-corrected chi connectivity index (χ3v) is 3.71. The molecule has 2 aromatic carbocycles. The molecule has 0 atom stereocenters. The summed E-state index contributed by atoms with van der Waals surface area (Å²) in [5.74, 6) is 0.819. The minimum Gasteiger partial charge on any atom is -0.272 e. The smallest absolute Gasteiger partial charge is 0.220 e. The maximum Gasteiger partial charge on any atom is 0.220 e. The van der Waals surface area contributed by atoms with Gasteiger partial charge in [0.2, 0.25) is 4.80 Å². The van der Waals surface area contributed by atoms with Crippen molar-refractivity contribution in [3.8, 4) is 17.1 Å². The van der Waals surface area contributed by atoms with Gasteiger partial charge in [0, 0.05) is 5.56 Å². The van der Waals surface area contributed by atoms with Crippen molar-refractivity contribution in [2.24, 2.45) is 0 Å². The molecule has 0 radical (unpaired) electrons. The average molecular weight is 267 g/mol. The molecule has 0 spiro atoms. The van der Waals surface area contributed by atoms with Gasteiger partial charge in [0.25, 0.3) is 0 Å². The number of hydrogen-bond donors (Lipinski definition) is 1. The van der Waals surface area contributed by atoms with E-state index in [-0.39, 0.29) is 0 Å². The van der Waals surface area contributed by atoms with Crippen molar-refractivity contribution >= 4 is 11.5 Å². The van der Waals surface area contributed by atoms with Crippen LogP contribution < -0.4 is 4.80 Å². The van der Waals surface area contributed by atoms with E-state index in [0.717, 1.165) is 17.1 Å². The Hall–Kier alpha value is -2.20. The van der Waals surface area contributed by atoms with Crippen molar-refractivity contribution in [1.82, 2.24) is 8.94 Å². The number of aryl methyl sites for hydroxylation is 1. The van der Waals surface area contributed by atoms with Gasteiger partial charge in [-0.3, -0.25) is 5.41 Å². The molecule has 0 saturated carbocycles. The Morgan fingerprint density at radius 2 is 1.68 bits per heavy atom. The lowest BCUT2D eigenvalue weighted by atomic mass is 10.2. The molecule has 0 aliphatic heterocycles. The molecule has 1 aromatic heterocycles. The van der Waals surface area contributed by atoms with Crippen LogP contribution in [0.3, 0.4) is 0 Å². The summed E-state index contributed by atoms with van der Waals surface area (Å²) in [6.45, 7) is 2.06. The fourth-order valence-corrected chi connectivity index (χ4v) is 2.68. The summed E-state index contributed by atoms with van der Waals surface area (Å²) in [6.07, 6.45) is 0. The number of rotatable bonds is 2. The van der Waals surface area contributed by atoms with Gasteiger partial charge in [0.05, 0.1) is 5.69 Å². The summed E-state index contributed by atoms with van der Waals surface area (Å²) in [7, 11) is 0. The summed E-state index contributed by atoms with van der Waals surface area (Å²) in [4.78, 5) is 4.65. The van der Waals surface area contributed by atoms with Crippen LogP contribution in [0.2, 0.25) is 0 Å². The van der Waals surface area contributed by atoms with E-state index < -0.39 is 0 Å². The average Bonchev–Trinajstić information content (AvgIpc) is 2.83. The fourth-order valence-electron chi connectivity index (χ4n) is 1.92. The second-order valence-electron chi connectivity index (χ2n) is 4.33. The Bertz CT molecular complexity index is 739. The van der Waals surface area contributed by atoms with Crippen LogP contribution in [-0.2, 0) is 0 Å². The Morgan fingerprint density at radius 1 is 1.00 bits per heavy atom. The maximum absolute atomic E-state index is 7.78. The van der Waals surface area contributed by atoms with E-state index in [9.17, 15) is 0 Å². The predicted octanol–water partition coefficient (Wildman–Crippen LogP) is 3.39. The third kappa shape index (κ3) is 2.35. The topological polar surface area (TPSA) is 41.7 Å². The van der Waals surface area contributed by atoms with Crippen molar-refractivity contribution in [3.63, 3.8) is 0 Å². The largest absolute Gasteiger partial charge is 0.272 e. The van der Waals surface area contributed by atoms with Gasteiger partial charge in [-0.05, 0) is 30.6 Å². The molecule has 94 valence electrons. The van der Waals surface area contributed by atoms with Crippen LogP contribution in [0.4, 0.5) is 0 Å². The molecule has 19 heavy (non-hydrogen) atoms. The molecule has 0 unspecified atom stereocenters. The predicted molar refractivity (Wildman–Crippen MR) is 77.5 cm³/mol. The van der Waals surface area contributed by atoms with E-state index in [1.807, 2.05) is 34.3 Å². The fraction of sp³-hybridized carbons (Fsp3) is 0.0667. The first-order valence-corrected chi connectivity index (χ1v) is 6.79. The first-order chi connectivity index (χ1) is 9.24. The number of benzene rings is 2. The van der Waals surface area contributed by atoms with Crippen molar-refractivity contribution in [1.29, 1.82) is 5.41 Å². The Kier molecular flexibility index (Phi) is 3.01. The number of nitrogens with zero attached hydrogens (tertiary/aromatic N) is 2. The highest BCUT2D eigenvalue weighted by molar-refractivity contribution is 7.04. The molecular formula is C15H13N3S. The molecule has 0 fully saturated rings. The normalized spacial score (nSPS) is 10.6. The number of nitrogens with one attached hydrogen (secondary N) is 1. The first kappa shape index (κ1) is 11.9. The second kappa shape index (κ2) is 4.82. The van der Waals surface area contributed by atoms with Gasteiger partial charge >= 0.3 is 0 Å². The van der Waals surface area contributed by atoms with Crippen LogP contribution in [0, 0.1) is 12.3 Å². The zero-order valence-corrected chi connectivity index (χ0v) is 11.3. The highest BCUT2D eigenvalue weighted by atomic mass is 32.1. The van der Waals surface area contributed by atoms with Gasteiger partial charge in [0.1, 0.15) is 0 Å². The van der Waals surface area contributed by atoms with E-state index in [2.05, 4.69) is 36.2 Å². The van der Waals surface area contributed by atoms with E-state index in [4.69, 9.17) is 5.41 Å². The molecule has 1 N–H and O–H groups in total. The van der Waals surface area contributed by atoms with E-state index in [1.54, 1.807) is 0 Å². The van der Waals surface area contributed by atoms with Crippen LogP contribution in [-0.4, -0.2) is 8.94 Å². The van der Waals surface area contributed by atoms with Crippen LogP contribution in [0.15, 0.2) is 54.6 Å². The minimum atomic E-state index is 0.319. The summed E-state index contributed by atoms with van der Waals surface area (Å²) >= 11 is 1.34. The number of aromatic nitrogens is 2. The lowest BCUT2D eigenvalue weighted by Gasteiger charge is -2.06. The zero-order chi connectivity index (χ0) is 13.2. The standard InChI is InChI=1S/C15H13N3S/c1-11-7-9-13(10-8-11)18-14(17-15(16)19-18)12-5-3-2-4-6-12/h2-10,16H,1H3. The van der Waals surface area contributed by atoms with E-state index in [0.29, 0.717) is 4.80 Å². The van der Waals surface area contributed by atoms with Gasteiger partial charge in [-0.25, -0.2) is 3.96 Å². The highest BCUT2D eigenvalue weighted by Crippen LogP contribution is 2.22. The highest BCUT2D eigenvalue weighted by Gasteiger charge is 2.09. The van der Waals surface area contributed by atoms with Gasteiger partial charge in [-0.15, -0.1) is 0 Å². The summed E-state index contributed by atoms with van der Waals surface area (Å²) in [5, 5.41) is 7.78. The van der Waals surface area contributed by atoms with E-state index in [1.165, 1.54) is 17.1 Å². The van der Waals surface area contributed by atoms with Crippen molar-refractivity contribution in [3.05, 3.63) is 65.0 Å². The summed E-state index contributed by atoms with van der Waals surface area (Å²) < 4.78 is 2.00. The molecular weight excluding hydrogens is 254 g/mol. The molecule has 3 aromatic rings. The summed E-state index contributed by atoms with van der Waals surface area (Å²) in [6, 6.07) is 18.2. The molecule has 0 amide bonds. The van der Waals surface area contributed by atoms with Crippen LogP contribution >= 0.6 is 11.5 Å². The molecule has 4 heteroatoms.